The Labute approximate surface area is 158 Å². The SMILES string of the molecule is CC1(c2ccc(CNC(=O)[C@@H]3CCC[C@@H]3CN)cc2)NC(=O)NC1=O.Cl. The van der Waals surface area contributed by atoms with E-state index in [1.54, 1.807) is 19.1 Å². The molecule has 1 unspecified atom stereocenters. The van der Waals surface area contributed by atoms with E-state index in [-0.39, 0.29) is 36.1 Å². The average molecular weight is 381 g/mol. The number of hydrogen-bond donors (Lipinski definition) is 4. The molecule has 8 heteroatoms. The van der Waals surface area contributed by atoms with E-state index in [2.05, 4.69) is 16.0 Å². The molecule has 0 bridgehead atoms. The number of nitrogens with two attached hydrogens (primary N) is 1. The third-order valence-corrected chi connectivity index (χ3v) is 5.34. The summed E-state index contributed by atoms with van der Waals surface area (Å²) in [4.78, 5) is 35.6. The summed E-state index contributed by atoms with van der Waals surface area (Å²) in [6.45, 7) is 2.65. The van der Waals surface area contributed by atoms with Crippen LogP contribution in [0.5, 0.6) is 0 Å². The van der Waals surface area contributed by atoms with Crippen molar-refractivity contribution < 1.29 is 14.4 Å². The smallest absolute Gasteiger partial charge is 0.322 e. The van der Waals surface area contributed by atoms with Crippen LogP contribution in [0, 0.1) is 11.8 Å². The van der Waals surface area contributed by atoms with E-state index in [1.807, 2.05) is 12.1 Å². The van der Waals surface area contributed by atoms with Crippen LogP contribution < -0.4 is 21.7 Å². The molecule has 1 heterocycles. The monoisotopic (exact) mass is 380 g/mol. The van der Waals surface area contributed by atoms with Gasteiger partial charge < -0.3 is 16.4 Å². The summed E-state index contributed by atoms with van der Waals surface area (Å²) in [6.07, 6.45) is 2.98. The molecule has 2 aliphatic rings. The largest absolute Gasteiger partial charge is 0.352 e. The van der Waals surface area contributed by atoms with Gasteiger partial charge in [0.2, 0.25) is 5.91 Å². The van der Waals surface area contributed by atoms with Crippen molar-refractivity contribution in [2.75, 3.05) is 6.54 Å². The van der Waals surface area contributed by atoms with Gasteiger partial charge in [-0.2, -0.15) is 0 Å². The summed E-state index contributed by atoms with van der Waals surface area (Å²) in [5.41, 5.74) is 6.31. The molecular formula is C18H25ClN4O3. The van der Waals surface area contributed by atoms with Crippen molar-refractivity contribution in [2.45, 2.75) is 38.3 Å². The minimum Gasteiger partial charge on any atom is -0.352 e. The molecule has 1 aromatic carbocycles. The fourth-order valence-corrected chi connectivity index (χ4v) is 3.69. The average Bonchev–Trinajstić information content (AvgIpc) is 3.18. The summed E-state index contributed by atoms with van der Waals surface area (Å²) in [5, 5.41) is 7.85. The maximum absolute atomic E-state index is 12.3. The van der Waals surface area contributed by atoms with Gasteiger partial charge in [-0.1, -0.05) is 30.7 Å². The number of halogens is 1. The molecule has 1 saturated carbocycles. The Balaban J connectivity index is 0.00000243. The number of imide groups is 1. The van der Waals surface area contributed by atoms with Crippen LogP contribution in [0.15, 0.2) is 24.3 Å². The zero-order valence-electron chi connectivity index (χ0n) is 14.7. The highest BCUT2D eigenvalue weighted by Gasteiger charge is 2.43. The van der Waals surface area contributed by atoms with Gasteiger partial charge in [0.1, 0.15) is 5.54 Å². The molecule has 1 aromatic rings. The summed E-state index contributed by atoms with van der Waals surface area (Å²) < 4.78 is 0. The van der Waals surface area contributed by atoms with E-state index < -0.39 is 11.6 Å². The molecule has 4 amide bonds. The summed E-state index contributed by atoms with van der Waals surface area (Å²) in [5.74, 6) is -0.00793. The minimum absolute atomic E-state index is 0. The van der Waals surface area contributed by atoms with Crippen LogP contribution in [0.25, 0.3) is 0 Å². The summed E-state index contributed by atoms with van der Waals surface area (Å²) in [7, 11) is 0. The van der Waals surface area contributed by atoms with Gasteiger partial charge in [0.25, 0.3) is 5.91 Å². The van der Waals surface area contributed by atoms with E-state index in [4.69, 9.17) is 5.73 Å². The number of urea groups is 1. The third-order valence-electron chi connectivity index (χ3n) is 5.34. The highest BCUT2D eigenvalue weighted by Crippen LogP contribution is 2.31. The van der Waals surface area contributed by atoms with Crippen LogP contribution in [0.3, 0.4) is 0 Å². The molecule has 1 saturated heterocycles. The normalized spacial score (nSPS) is 27.5. The van der Waals surface area contributed by atoms with E-state index in [0.717, 1.165) is 24.8 Å². The minimum atomic E-state index is -1.06. The van der Waals surface area contributed by atoms with E-state index in [0.29, 0.717) is 18.7 Å². The van der Waals surface area contributed by atoms with Crippen LogP contribution in [-0.2, 0) is 21.7 Å². The second kappa shape index (κ2) is 8.05. The Morgan fingerprint density at radius 3 is 2.54 bits per heavy atom. The van der Waals surface area contributed by atoms with Crippen LogP contribution >= 0.6 is 12.4 Å². The molecule has 0 radical (unpaired) electrons. The van der Waals surface area contributed by atoms with Crippen molar-refractivity contribution in [1.29, 1.82) is 0 Å². The first-order chi connectivity index (χ1) is 11.9. The fourth-order valence-electron chi connectivity index (χ4n) is 3.69. The first kappa shape index (κ1) is 20.2. The topological polar surface area (TPSA) is 113 Å². The number of rotatable bonds is 5. The number of benzene rings is 1. The molecule has 7 nitrogen and oxygen atoms in total. The first-order valence-corrected chi connectivity index (χ1v) is 8.65. The lowest BCUT2D eigenvalue weighted by molar-refractivity contribution is -0.126. The van der Waals surface area contributed by atoms with E-state index in [9.17, 15) is 14.4 Å². The van der Waals surface area contributed by atoms with Crippen molar-refractivity contribution >= 4 is 30.3 Å². The first-order valence-electron chi connectivity index (χ1n) is 8.65. The van der Waals surface area contributed by atoms with Crippen molar-refractivity contribution in [3.05, 3.63) is 35.4 Å². The molecule has 3 rings (SSSR count). The predicted octanol–water partition coefficient (Wildman–Crippen LogP) is 1.15. The second-order valence-corrected chi connectivity index (χ2v) is 6.98. The van der Waals surface area contributed by atoms with Gasteiger partial charge in [-0.3, -0.25) is 14.9 Å². The standard InChI is InChI=1S/C18H24N4O3.ClH/c1-18(16(24)21-17(25)22-18)13-7-5-11(6-8-13)10-20-15(23)14-4-2-3-12(14)9-19;/h5-8,12,14H,2-4,9-10,19H2,1H3,(H,20,23)(H2,21,22,24,25);1H/t12-,14-,18?;/m1./s1. The van der Waals surface area contributed by atoms with Crippen molar-refractivity contribution in [3.63, 3.8) is 0 Å². The Kier molecular flexibility index (Phi) is 6.26. The van der Waals surface area contributed by atoms with Crippen LogP contribution in [0.4, 0.5) is 4.79 Å². The van der Waals surface area contributed by atoms with Crippen LogP contribution in [0.2, 0.25) is 0 Å². The lowest BCUT2D eigenvalue weighted by Gasteiger charge is -2.21. The zero-order chi connectivity index (χ0) is 18.0. The number of amides is 4. The number of nitrogens with one attached hydrogen (secondary N) is 3. The summed E-state index contributed by atoms with van der Waals surface area (Å²) in [6, 6.07) is 6.81. The molecule has 1 aliphatic carbocycles. The van der Waals surface area contributed by atoms with Crippen molar-refractivity contribution in [3.8, 4) is 0 Å². The molecule has 2 fully saturated rings. The number of hydrogen-bond acceptors (Lipinski definition) is 4. The van der Waals surface area contributed by atoms with Gasteiger partial charge >= 0.3 is 6.03 Å². The van der Waals surface area contributed by atoms with Crippen LogP contribution in [0.1, 0.15) is 37.3 Å². The van der Waals surface area contributed by atoms with Crippen molar-refractivity contribution in [1.82, 2.24) is 16.0 Å². The van der Waals surface area contributed by atoms with Crippen molar-refractivity contribution in [2.24, 2.45) is 17.6 Å². The van der Waals surface area contributed by atoms with Gasteiger partial charge in [0.15, 0.2) is 0 Å². The zero-order valence-corrected chi connectivity index (χ0v) is 15.5. The Morgan fingerprint density at radius 2 is 1.96 bits per heavy atom. The van der Waals surface area contributed by atoms with Gasteiger partial charge in [-0.25, -0.2) is 4.79 Å². The van der Waals surface area contributed by atoms with E-state index >= 15 is 0 Å². The quantitative estimate of drug-likeness (QED) is 0.574. The molecule has 5 N–H and O–H groups in total. The van der Waals surface area contributed by atoms with Gasteiger partial charge in [-0.05, 0) is 43.4 Å². The molecule has 0 spiro atoms. The molecule has 26 heavy (non-hydrogen) atoms. The number of carbonyl (C=O) groups is 3. The fraction of sp³-hybridized carbons (Fsp3) is 0.500. The number of carbonyl (C=O) groups excluding carboxylic acids is 3. The molecule has 1 aliphatic heterocycles. The summed E-state index contributed by atoms with van der Waals surface area (Å²) >= 11 is 0. The molecule has 142 valence electrons. The maximum Gasteiger partial charge on any atom is 0.322 e. The Bertz CT molecular complexity index is 694. The second-order valence-electron chi connectivity index (χ2n) is 6.98. The Morgan fingerprint density at radius 1 is 1.27 bits per heavy atom. The maximum atomic E-state index is 12.3. The predicted molar refractivity (Wildman–Crippen MR) is 99.4 cm³/mol. The Hall–Kier alpha value is -2.12. The van der Waals surface area contributed by atoms with Gasteiger partial charge in [-0.15, -0.1) is 12.4 Å². The molecular weight excluding hydrogens is 356 g/mol. The van der Waals surface area contributed by atoms with Gasteiger partial charge in [0, 0.05) is 12.5 Å². The van der Waals surface area contributed by atoms with Gasteiger partial charge in [0.05, 0.1) is 0 Å². The highest BCUT2D eigenvalue weighted by molar-refractivity contribution is 6.07. The molecule has 0 aromatic heterocycles. The van der Waals surface area contributed by atoms with Crippen LogP contribution in [-0.4, -0.2) is 24.4 Å². The lowest BCUT2D eigenvalue weighted by Crippen LogP contribution is -2.40. The lowest BCUT2D eigenvalue weighted by atomic mass is 9.91. The highest BCUT2D eigenvalue weighted by atomic mass is 35.5. The molecule has 3 atom stereocenters. The van der Waals surface area contributed by atoms with E-state index in [1.165, 1.54) is 0 Å². The third kappa shape index (κ3) is 3.83.